The third-order valence-corrected chi connectivity index (χ3v) is 6.61. The van der Waals surface area contributed by atoms with Gasteiger partial charge in [0.15, 0.2) is 5.58 Å². The van der Waals surface area contributed by atoms with E-state index in [4.69, 9.17) is 20.8 Å². The lowest BCUT2D eigenvalue weighted by molar-refractivity contribution is -0.151. The standard InChI is InChI=1S/C24H24ClN5O5/c25-15-5-8-18(27-12-15)28-24(33)22-21(20-17(35-22)2-1-10-26-20)29-23(32)14-3-6-16(7-4-14)30-13-34-11-9-19(30)31/h1-2,5,8,10,12,14,16H,3-4,6-7,9,11,13H2,(H,29,32)(H,27,28,33). The zero-order chi connectivity index (χ0) is 24.4. The van der Waals surface area contributed by atoms with Crippen molar-refractivity contribution in [2.75, 3.05) is 24.0 Å². The number of halogens is 1. The Morgan fingerprint density at radius 3 is 2.66 bits per heavy atom. The Morgan fingerprint density at radius 2 is 1.91 bits per heavy atom. The molecule has 3 aromatic rings. The summed E-state index contributed by atoms with van der Waals surface area (Å²) in [6.45, 7) is 0.776. The third-order valence-electron chi connectivity index (χ3n) is 6.39. The molecule has 0 radical (unpaired) electrons. The summed E-state index contributed by atoms with van der Waals surface area (Å²) in [5.74, 6) is -0.703. The van der Waals surface area contributed by atoms with Crippen molar-refractivity contribution in [3.63, 3.8) is 0 Å². The quantitative estimate of drug-likeness (QED) is 0.548. The Hall–Kier alpha value is -3.50. The first-order chi connectivity index (χ1) is 17.0. The summed E-state index contributed by atoms with van der Waals surface area (Å²) in [7, 11) is 0. The second-order valence-electron chi connectivity index (χ2n) is 8.62. The van der Waals surface area contributed by atoms with Crippen LogP contribution in [0.25, 0.3) is 11.1 Å². The van der Waals surface area contributed by atoms with Gasteiger partial charge in [-0.25, -0.2) is 4.98 Å². The molecule has 0 spiro atoms. The molecule has 3 amide bonds. The molecule has 2 aliphatic rings. The van der Waals surface area contributed by atoms with Crippen LogP contribution in [0.1, 0.15) is 42.7 Å². The Bertz CT molecular complexity index is 1250. The van der Waals surface area contributed by atoms with Crippen molar-refractivity contribution in [1.29, 1.82) is 0 Å². The number of rotatable bonds is 5. The lowest BCUT2D eigenvalue weighted by Crippen LogP contribution is -2.47. The van der Waals surface area contributed by atoms with Crippen LogP contribution in [0, 0.1) is 5.92 Å². The van der Waals surface area contributed by atoms with Gasteiger partial charge >= 0.3 is 0 Å². The Morgan fingerprint density at radius 1 is 1.09 bits per heavy atom. The van der Waals surface area contributed by atoms with E-state index in [1.165, 1.54) is 6.20 Å². The van der Waals surface area contributed by atoms with E-state index in [1.54, 1.807) is 35.4 Å². The first-order valence-electron chi connectivity index (χ1n) is 11.5. The van der Waals surface area contributed by atoms with E-state index in [9.17, 15) is 14.4 Å². The number of pyridine rings is 2. The molecule has 1 saturated heterocycles. The van der Waals surface area contributed by atoms with Crippen LogP contribution in [-0.2, 0) is 14.3 Å². The molecule has 2 N–H and O–H groups in total. The van der Waals surface area contributed by atoms with Crippen molar-refractivity contribution >= 4 is 51.9 Å². The molecule has 10 nitrogen and oxygen atoms in total. The average molecular weight is 498 g/mol. The summed E-state index contributed by atoms with van der Waals surface area (Å²) >= 11 is 5.86. The molecular weight excluding hydrogens is 474 g/mol. The second-order valence-corrected chi connectivity index (χ2v) is 9.05. The number of nitrogens with one attached hydrogen (secondary N) is 2. The highest BCUT2D eigenvalue weighted by atomic mass is 35.5. The lowest BCUT2D eigenvalue weighted by Gasteiger charge is -2.38. The van der Waals surface area contributed by atoms with E-state index in [1.807, 2.05) is 0 Å². The van der Waals surface area contributed by atoms with Crippen molar-refractivity contribution in [3.05, 3.63) is 47.4 Å². The maximum atomic E-state index is 13.2. The van der Waals surface area contributed by atoms with Crippen LogP contribution in [0.3, 0.4) is 0 Å². The maximum Gasteiger partial charge on any atom is 0.294 e. The van der Waals surface area contributed by atoms with Gasteiger partial charge in [-0.05, 0) is 49.9 Å². The minimum atomic E-state index is -0.569. The molecule has 182 valence electrons. The molecule has 5 rings (SSSR count). The van der Waals surface area contributed by atoms with Crippen molar-refractivity contribution < 1.29 is 23.5 Å². The van der Waals surface area contributed by atoms with Crippen LogP contribution in [0.2, 0.25) is 5.02 Å². The van der Waals surface area contributed by atoms with Gasteiger partial charge in [-0.1, -0.05) is 11.6 Å². The SMILES string of the molecule is O=C(Nc1ccc(Cl)cn1)c1oc2cccnc2c1NC(=O)C1CCC(N2COCCC2=O)CC1. The van der Waals surface area contributed by atoms with Gasteiger partial charge in [0.25, 0.3) is 5.91 Å². The van der Waals surface area contributed by atoms with E-state index < -0.39 is 5.91 Å². The maximum absolute atomic E-state index is 13.2. The molecule has 1 aliphatic heterocycles. The van der Waals surface area contributed by atoms with E-state index in [0.29, 0.717) is 67.4 Å². The fourth-order valence-electron chi connectivity index (χ4n) is 4.55. The number of anilines is 2. The zero-order valence-corrected chi connectivity index (χ0v) is 19.6. The number of amides is 3. The van der Waals surface area contributed by atoms with Gasteiger partial charge in [-0.2, -0.15) is 0 Å². The lowest BCUT2D eigenvalue weighted by atomic mass is 9.84. The Labute approximate surface area is 206 Å². The topological polar surface area (TPSA) is 127 Å². The fraction of sp³-hybridized carbons (Fsp3) is 0.375. The third kappa shape index (κ3) is 4.98. The van der Waals surface area contributed by atoms with E-state index in [0.717, 1.165) is 0 Å². The van der Waals surface area contributed by atoms with Gasteiger partial charge < -0.3 is 24.7 Å². The summed E-state index contributed by atoms with van der Waals surface area (Å²) in [5, 5.41) is 5.98. The highest BCUT2D eigenvalue weighted by molar-refractivity contribution is 6.30. The molecule has 1 saturated carbocycles. The number of fused-ring (bicyclic) bond motifs is 1. The predicted molar refractivity (Wildman–Crippen MR) is 128 cm³/mol. The molecule has 2 fully saturated rings. The highest BCUT2D eigenvalue weighted by Crippen LogP contribution is 2.33. The van der Waals surface area contributed by atoms with E-state index in [-0.39, 0.29) is 35.2 Å². The molecule has 0 aromatic carbocycles. The summed E-state index contributed by atoms with van der Waals surface area (Å²) < 4.78 is 11.2. The molecule has 4 heterocycles. The highest BCUT2D eigenvalue weighted by Gasteiger charge is 2.34. The first-order valence-corrected chi connectivity index (χ1v) is 11.9. The number of aromatic nitrogens is 2. The minimum Gasteiger partial charge on any atom is -0.447 e. The van der Waals surface area contributed by atoms with E-state index in [2.05, 4.69) is 20.6 Å². The molecule has 1 aliphatic carbocycles. The van der Waals surface area contributed by atoms with Crippen LogP contribution >= 0.6 is 11.6 Å². The molecule has 35 heavy (non-hydrogen) atoms. The molecular formula is C24H24ClN5O5. The van der Waals surface area contributed by atoms with Gasteiger partial charge in [0.2, 0.25) is 17.6 Å². The van der Waals surface area contributed by atoms with Crippen LogP contribution in [0.15, 0.2) is 41.1 Å². The predicted octanol–water partition coefficient (Wildman–Crippen LogP) is 3.83. The summed E-state index contributed by atoms with van der Waals surface area (Å²) in [5.41, 5.74) is 0.989. The van der Waals surface area contributed by atoms with Crippen LogP contribution in [0.4, 0.5) is 11.5 Å². The van der Waals surface area contributed by atoms with Crippen LogP contribution in [0.5, 0.6) is 0 Å². The number of hydrogen-bond acceptors (Lipinski definition) is 7. The molecule has 3 aromatic heterocycles. The number of hydrogen-bond donors (Lipinski definition) is 2. The van der Waals surface area contributed by atoms with Crippen molar-refractivity contribution in [2.45, 2.75) is 38.1 Å². The van der Waals surface area contributed by atoms with Gasteiger partial charge in [-0.15, -0.1) is 0 Å². The zero-order valence-electron chi connectivity index (χ0n) is 18.8. The molecule has 0 atom stereocenters. The van der Waals surface area contributed by atoms with Crippen LogP contribution < -0.4 is 10.6 Å². The Balaban J connectivity index is 1.30. The van der Waals surface area contributed by atoms with Gasteiger partial charge in [0.1, 0.15) is 23.8 Å². The number of nitrogens with zero attached hydrogens (tertiary/aromatic N) is 3. The monoisotopic (exact) mass is 497 g/mol. The van der Waals surface area contributed by atoms with Crippen molar-refractivity contribution in [3.8, 4) is 0 Å². The largest absolute Gasteiger partial charge is 0.447 e. The number of carbonyl (C=O) groups excluding carboxylic acids is 3. The number of furan rings is 1. The molecule has 0 bridgehead atoms. The fourth-order valence-corrected chi connectivity index (χ4v) is 4.66. The minimum absolute atomic E-state index is 0.0615. The molecule has 11 heteroatoms. The van der Waals surface area contributed by atoms with Crippen molar-refractivity contribution in [2.24, 2.45) is 5.92 Å². The van der Waals surface area contributed by atoms with Gasteiger partial charge in [0, 0.05) is 24.4 Å². The van der Waals surface area contributed by atoms with E-state index >= 15 is 0 Å². The first kappa shape index (κ1) is 23.3. The van der Waals surface area contributed by atoms with Crippen LogP contribution in [-0.4, -0.2) is 52.0 Å². The Kier molecular flexibility index (Phi) is 6.65. The number of ether oxygens (including phenoxy) is 1. The summed E-state index contributed by atoms with van der Waals surface area (Å²) in [6.07, 6.45) is 6.07. The van der Waals surface area contributed by atoms with Crippen molar-refractivity contribution in [1.82, 2.24) is 14.9 Å². The van der Waals surface area contributed by atoms with Gasteiger partial charge in [-0.3, -0.25) is 19.4 Å². The molecule has 0 unspecified atom stereocenters. The summed E-state index contributed by atoms with van der Waals surface area (Å²) in [6, 6.07) is 6.62. The normalized spacial score (nSPS) is 20.6. The average Bonchev–Trinajstić information content (AvgIpc) is 3.24. The summed E-state index contributed by atoms with van der Waals surface area (Å²) in [4.78, 5) is 48.5. The van der Waals surface area contributed by atoms with Gasteiger partial charge in [0.05, 0.1) is 18.1 Å². The smallest absolute Gasteiger partial charge is 0.294 e. The number of carbonyl (C=O) groups is 3. The second kappa shape index (κ2) is 10.0.